The predicted octanol–water partition coefficient (Wildman–Crippen LogP) is 4.86. The molecule has 0 radical (unpaired) electrons. The van der Waals surface area contributed by atoms with Crippen LogP contribution in [0, 0.1) is 5.92 Å². The second-order valence-electron chi connectivity index (χ2n) is 9.98. The second kappa shape index (κ2) is 15.2. The Morgan fingerprint density at radius 2 is 1.67 bits per heavy atom. The molecule has 1 heterocycles. The molecular weight excluding hydrogens is 593 g/mol. The summed E-state index contributed by atoms with van der Waals surface area (Å²) in [5, 5.41) is 13.1. The summed E-state index contributed by atoms with van der Waals surface area (Å²) in [6, 6.07) is 12.8. The summed E-state index contributed by atoms with van der Waals surface area (Å²) in [7, 11) is 0.952. The molecule has 3 rings (SSSR count). The zero-order valence-corrected chi connectivity index (χ0v) is 24.9. The number of halogens is 4. The van der Waals surface area contributed by atoms with E-state index in [2.05, 4.69) is 10.3 Å². The molecular formula is C30H34ClF3N2O7. The molecule has 13 heteroatoms. The quantitative estimate of drug-likeness (QED) is 0.239. The van der Waals surface area contributed by atoms with Crippen molar-refractivity contribution in [2.24, 2.45) is 10.9 Å². The average Bonchev–Trinajstić information content (AvgIpc) is 2.96. The Labute approximate surface area is 252 Å². The molecule has 9 nitrogen and oxygen atoms in total. The number of rotatable bonds is 13. The van der Waals surface area contributed by atoms with Crippen molar-refractivity contribution in [3.05, 3.63) is 70.4 Å². The van der Waals surface area contributed by atoms with Crippen LogP contribution < -0.4 is 14.8 Å². The summed E-state index contributed by atoms with van der Waals surface area (Å²) in [6.07, 6.45) is -5.66. The summed E-state index contributed by atoms with van der Waals surface area (Å²) in [4.78, 5) is 29.6. The molecule has 0 fully saturated rings. The summed E-state index contributed by atoms with van der Waals surface area (Å²) in [5.41, 5.74) is -1.78. The molecule has 1 aliphatic heterocycles. The molecule has 3 unspecified atom stereocenters. The maximum atomic E-state index is 14.0. The summed E-state index contributed by atoms with van der Waals surface area (Å²) < 4.78 is 63.2. The number of benzene rings is 2. The van der Waals surface area contributed by atoms with Gasteiger partial charge in [-0.1, -0.05) is 43.6 Å². The van der Waals surface area contributed by atoms with Crippen molar-refractivity contribution in [3.8, 4) is 11.5 Å². The van der Waals surface area contributed by atoms with Gasteiger partial charge < -0.3 is 29.4 Å². The summed E-state index contributed by atoms with van der Waals surface area (Å²) in [6.45, 7) is 5.35. The molecule has 0 bridgehead atoms. The van der Waals surface area contributed by atoms with Crippen molar-refractivity contribution in [1.29, 1.82) is 0 Å². The fourth-order valence-electron chi connectivity index (χ4n) is 4.44. The van der Waals surface area contributed by atoms with E-state index in [0.29, 0.717) is 18.0 Å². The van der Waals surface area contributed by atoms with Crippen molar-refractivity contribution in [2.75, 3.05) is 33.5 Å². The van der Waals surface area contributed by atoms with Crippen LogP contribution in [0.4, 0.5) is 13.2 Å². The number of aliphatic hydroxyl groups is 1. The van der Waals surface area contributed by atoms with E-state index in [0.717, 1.165) is 7.11 Å². The number of alkyl halides is 3. The minimum atomic E-state index is -4.98. The maximum absolute atomic E-state index is 14.0. The van der Waals surface area contributed by atoms with Gasteiger partial charge in [-0.05, 0) is 42.8 Å². The molecule has 0 aliphatic carbocycles. The van der Waals surface area contributed by atoms with Gasteiger partial charge in [-0.15, -0.1) is 0 Å². The van der Waals surface area contributed by atoms with E-state index in [1.807, 2.05) is 13.8 Å². The molecule has 0 aromatic heterocycles. The summed E-state index contributed by atoms with van der Waals surface area (Å²) >= 11 is 6.32. The molecule has 234 valence electrons. The number of hydrogen-bond acceptors (Lipinski definition) is 9. The maximum Gasteiger partial charge on any atom is 0.430 e. The van der Waals surface area contributed by atoms with Gasteiger partial charge in [-0.2, -0.15) is 13.2 Å². The smallest absolute Gasteiger partial charge is 0.430 e. The monoisotopic (exact) mass is 626 g/mol. The van der Waals surface area contributed by atoms with Gasteiger partial charge in [0.1, 0.15) is 49.1 Å². The lowest BCUT2D eigenvalue weighted by molar-refractivity contribution is -0.146. The molecule has 3 atom stereocenters. The Bertz CT molecular complexity index is 1330. The standard InChI is InChI=1S/C30H34ClF3N2O7/c1-17(2)35-15-19(37)16-43-21-11-9-20(10-12-21)41-13-14-42-29(39)24-18(3)36-27(30(32,33)34)26(28(38)40-4)25(24)22-7-5-6-8-23(22)31/h5-12,17,19,25-26,35,37H,13-16H2,1-4H3. The van der Waals surface area contributed by atoms with Crippen molar-refractivity contribution in [3.63, 3.8) is 0 Å². The molecule has 43 heavy (non-hydrogen) atoms. The molecule has 2 aromatic rings. The van der Waals surface area contributed by atoms with E-state index in [4.69, 9.17) is 30.5 Å². The van der Waals surface area contributed by atoms with Gasteiger partial charge in [0, 0.05) is 29.2 Å². The number of nitrogens with one attached hydrogen (secondary N) is 1. The Morgan fingerprint density at radius 3 is 2.26 bits per heavy atom. The first-order chi connectivity index (χ1) is 20.3. The van der Waals surface area contributed by atoms with Gasteiger partial charge in [0.25, 0.3) is 0 Å². The van der Waals surface area contributed by atoms with Crippen LogP contribution in [0.3, 0.4) is 0 Å². The zero-order valence-electron chi connectivity index (χ0n) is 24.1. The third kappa shape index (κ3) is 9.19. The van der Waals surface area contributed by atoms with E-state index < -0.39 is 41.8 Å². The van der Waals surface area contributed by atoms with Gasteiger partial charge in [0.2, 0.25) is 0 Å². The van der Waals surface area contributed by atoms with Crippen LogP contribution >= 0.6 is 11.6 Å². The lowest BCUT2D eigenvalue weighted by Crippen LogP contribution is -2.43. The average molecular weight is 627 g/mol. The minimum Gasteiger partial charge on any atom is -0.491 e. The first-order valence-electron chi connectivity index (χ1n) is 13.5. The fourth-order valence-corrected chi connectivity index (χ4v) is 4.69. The SMILES string of the molecule is COC(=O)C1C(C(F)(F)F)=NC(C)=C(C(=O)OCCOc2ccc(OCC(O)CNC(C)C)cc2)C1c1ccccc1Cl. The highest BCUT2D eigenvalue weighted by molar-refractivity contribution is 6.31. The topological polar surface area (TPSA) is 116 Å². The van der Waals surface area contributed by atoms with Crippen molar-refractivity contribution in [1.82, 2.24) is 5.32 Å². The normalized spacial score (nSPS) is 17.8. The van der Waals surface area contributed by atoms with Crippen LogP contribution in [0.1, 0.15) is 32.3 Å². The van der Waals surface area contributed by atoms with Crippen LogP contribution in [-0.2, 0) is 19.1 Å². The largest absolute Gasteiger partial charge is 0.491 e. The van der Waals surface area contributed by atoms with Crippen LogP contribution in [0.15, 0.2) is 64.8 Å². The van der Waals surface area contributed by atoms with Gasteiger partial charge in [0.05, 0.1) is 12.7 Å². The molecule has 0 saturated carbocycles. The minimum absolute atomic E-state index is 0.0559. The molecule has 1 aliphatic rings. The second-order valence-corrected chi connectivity index (χ2v) is 10.4. The van der Waals surface area contributed by atoms with Crippen LogP contribution in [-0.4, -0.2) is 74.6 Å². The first-order valence-corrected chi connectivity index (χ1v) is 13.8. The first kappa shape index (κ1) is 33.9. The van der Waals surface area contributed by atoms with E-state index >= 15 is 0 Å². The van der Waals surface area contributed by atoms with Crippen LogP contribution in [0.2, 0.25) is 5.02 Å². The number of esters is 2. The highest BCUT2D eigenvalue weighted by Gasteiger charge is 2.53. The van der Waals surface area contributed by atoms with Gasteiger partial charge in [-0.3, -0.25) is 9.79 Å². The van der Waals surface area contributed by atoms with Crippen molar-refractivity contribution < 1.29 is 46.8 Å². The van der Waals surface area contributed by atoms with Gasteiger partial charge >= 0.3 is 18.1 Å². The Hall–Kier alpha value is -3.61. The van der Waals surface area contributed by atoms with Crippen LogP contribution in [0.5, 0.6) is 11.5 Å². The molecule has 0 saturated heterocycles. The van der Waals surface area contributed by atoms with E-state index in [9.17, 15) is 27.9 Å². The van der Waals surface area contributed by atoms with Crippen LogP contribution in [0.25, 0.3) is 0 Å². The third-order valence-electron chi connectivity index (χ3n) is 6.44. The van der Waals surface area contributed by atoms with E-state index in [-0.39, 0.29) is 47.7 Å². The number of carbonyl (C=O) groups excluding carboxylic acids is 2. The number of nitrogens with zero attached hydrogens (tertiary/aromatic N) is 1. The molecule has 0 spiro atoms. The number of methoxy groups -OCH3 is 1. The Kier molecular flexibility index (Phi) is 12.0. The third-order valence-corrected chi connectivity index (χ3v) is 6.78. The highest BCUT2D eigenvalue weighted by atomic mass is 35.5. The fraction of sp³-hybridized carbons (Fsp3) is 0.433. The molecule has 2 aromatic carbocycles. The van der Waals surface area contributed by atoms with Gasteiger partial charge in [0.15, 0.2) is 0 Å². The number of carbonyl (C=O) groups is 2. The van der Waals surface area contributed by atoms with Crippen molar-refractivity contribution in [2.45, 2.75) is 45.0 Å². The van der Waals surface area contributed by atoms with Gasteiger partial charge in [-0.25, -0.2) is 4.79 Å². The Morgan fingerprint density at radius 1 is 1.05 bits per heavy atom. The number of hydrogen-bond donors (Lipinski definition) is 2. The summed E-state index contributed by atoms with van der Waals surface area (Å²) in [5.74, 6) is -4.68. The Balaban J connectivity index is 1.69. The number of aliphatic hydroxyl groups excluding tert-OH is 1. The predicted molar refractivity (Wildman–Crippen MR) is 153 cm³/mol. The zero-order chi connectivity index (χ0) is 31.7. The lowest BCUT2D eigenvalue weighted by Gasteiger charge is -2.33. The van der Waals surface area contributed by atoms with E-state index in [1.165, 1.54) is 25.1 Å². The lowest BCUT2D eigenvalue weighted by atomic mass is 9.75. The van der Waals surface area contributed by atoms with Crippen molar-refractivity contribution >= 4 is 29.3 Å². The molecule has 2 N–H and O–H groups in total. The number of ether oxygens (including phenoxy) is 4. The number of allylic oxidation sites excluding steroid dienone is 1. The molecule has 0 amide bonds. The highest BCUT2D eigenvalue weighted by Crippen LogP contribution is 2.45. The van der Waals surface area contributed by atoms with E-state index in [1.54, 1.807) is 30.3 Å². The number of aliphatic imine (C=N–C) groups is 1.